The predicted molar refractivity (Wildman–Crippen MR) is 54.3 cm³/mol. The van der Waals surface area contributed by atoms with E-state index in [0.29, 0.717) is 6.54 Å². The van der Waals surface area contributed by atoms with E-state index in [1.807, 2.05) is 31.2 Å². The molecule has 0 fully saturated rings. The number of hydrogen-bond donors (Lipinski definition) is 0. The van der Waals surface area contributed by atoms with Gasteiger partial charge in [-0.05, 0) is 6.42 Å². The van der Waals surface area contributed by atoms with Crippen molar-refractivity contribution in [2.45, 2.75) is 26.7 Å². The number of hydrogen-bond acceptors (Lipinski definition) is 1. The highest BCUT2D eigenvalue weighted by Crippen LogP contribution is 2.18. The highest BCUT2D eigenvalue weighted by atomic mass is 16.3. The Hall–Kier alpha value is -1.18. The second-order valence-electron chi connectivity index (χ2n) is 3.08. The molecule has 13 heavy (non-hydrogen) atoms. The van der Waals surface area contributed by atoms with Gasteiger partial charge in [0.15, 0.2) is 6.54 Å². The first-order valence-electron chi connectivity index (χ1n) is 4.82. The van der Waals surface area contributed by atoms with E-state index in [1.165, 1.54) is 0 Å². The zero-order chi connectivity index (χ0) is 9.68. The maximum Gasteiger partial charge on any atom is 0.259 e. The fourth-order valence-electron chi connectivity index (χ4n) is 1.38. The fraction of sp³-hybridized carbons (Fsp3) is 0.455. The van der Waals surface area contributed by atoms with Crippen LogP contribution in [0.4, 0.5) is 5.69 Å². The van der Waals surface area contributed by atoms with E-state index in [-0.39, 0.29) is 0 Å². The molecule has 1 aromatic carbocycles. The lowest BCUT2D eigenvalue weighted by molar-refractivity contribution is -0.463. The van der Waals surface area contributed by atoms with Gasteiger partial charge in [0, 0.05) is 27.7 Å². The second kappa shape index (κ2) is 4.75. The summed E-state index contributed by atoms with van der Waals surface area (Å²) in [6, 6.07) is 7.79. The molecule has 0 N–H and O–H groups in total. The van der Waals surface area contributed by atoms with Crippen molar-refractivity contribution in [3.05, 3.63) is 34.7 Å². The lowest BCUT2D eigenvalue weighted by Crippen LogP contribution is -2.04. The minimum absolute atomic E-state index is 0.580. The highest BCUT2D eigenvalue weighted by Gasteiger charge is 2.15. The Morgan fingerprint density at radius 3 is 2.54 bits per heavy atom. The van der Waals surface area contributed by atoms with Crippen LogP contribution in [0.15, 0.2) is 24.3 Å². The van der Waals surface area contributed by atoms with Gasteiger partial charge in [-0.25, -0.2) is 0 Å². The van der Waals surface area contributed by atoms with Crippen LogP contribution >= 0.6 is 0 Å². The van der Waals surface area contributed by atoms with Gasteiger partial charge in [-0.1, -0.05) is 32.0 Å². The standard InChI is InChI=1S/C11H16NO/c1-3-9-12(13)11-8-6-5-7-10(11)4-2/h5-8H,3-4,9H2,1-2H3/q+1. The molecule has 0 radical (unpaired) electrons. The summed E-state index contributed by atoms with van der Waals surface area (Å²) in [6.07, 6.45) is 1.81. The average molecular weight is 178 g/mol. The Labute approximate surface area is 79.2 Å². The Balaban J connectivity index is 2.92. The van der Waals surface area contributed by atoms with Crippen molar-refractivity contribution in [3.8, 4) is 0 Å². The average Bonchev–Trinajstić information content (AvgIpc) is 2.18. The van der Waals surface area contributed by atoms with Crippen LogP contribution in [0.3, 0.4) is 0 Å². The topological polar surface area (TPSA) is 20.1 Å². The molecule has 0 aliphatic carbocycles. The summed E-state index contributed by atoms with van der Waals surface area (Å²) >= 11 is 0. The van der Waals surface area contributed by atoms with Crippen molar-refractivity contribution in [1.29, 1.82) is 0 Å². The van der Waals surface area contributed by atoms with E-state index in [4.69, 9.17) is 0 Å². The Morgan fingerprint density at radius 2 is 1.92 bits per heavy atom. The summed E-state index contributed by atoms with van der Waals surface area (Å²) in [7, 11) is 0. The normalized spacial score (nSPS) is 10.0. The third kappa shape index (κ3) is 2.38. The van der Waals surface area contributed by atoms with Crippen molar-refractivity contribution >= 4 is 5.69 Å². The molecule has 2 heteroatoms. The van der Waals surface area contributed by atoms with Crippen molar-refractivity contribution in [3.63, 3.8) is 0 Å². The molecule has 0 aliphatic heterocycles. The molecule has 0 bridgehead atoms. The van der Waals surface area contributed by atoms with Crippen LogP contribution in [0.1, 0.15) is 25.8 Å². The first-order valence-corrected chi connectivity index (χ1v) is 4.82. The Bertz CT molecular complexity index is 294. The number of para-hydroxylation sites is 1. The van der Waals surface area contributed by atoms with Crippen molar-refractivity contribution in [2.75, 3.05) is 6.54 Å². The molecule has 70 valence electrons. The predicted octanol–water partition coefficient (Wildman–Crippen LogP) is 3.07. The van der Waals surface area contributed by atoms with Crippen molar-refractivity contribution in [1.82, 2.24) is 0 Å². The molecule has 0 atom stereocenters. The Morgan fingerprint density at radius 1 is 1.23 bits per heavy atom. The zero-order valence-electron chi connectivity index (χ0n) is 8.29. The molecule has 1 aromatic rings. The first-order chi connectivity index (χ1) is 6.29. The van der Waals surface area contributed by atoms with E-state index >= 15 is 0 Å². The molecule has 1 rings (SSSR count). The van der Waals surface area contributed by atoms with Gasteiger partial charge < -0.3 is 0 Å². The molecule has 0 spiro atoms. The number of benzene rings is 1. The number of aryl methyl sites for hydroxylation is 1. The van der Waals surface area contributed by atoms with Crippen LogP contribution < -0.4 is 0 Å². The van der Waals surface area contributed by atoms with Gasteiger partial charge in [0.1, 0.15) is 0 Å². The van der Waals surface area contributed by atoms with Gasteiger partial charge in [0.2, 0.25) is 0 Å². The third-order valence-electron chi connectivity index (χ3n) is 2.07. The van der Waals surface area contributed by atoms with Crippen LogP contribution in [0.25, 0.3) is 0 Å². The first kappa shape index (κ1) is 9.90. The fourth-order valence-corrected chi connectivity index (χ4v) is 1.38. The van der Waals surface area contributed by atoms with Crippen molar-refractivity contribution in [2.24, 2.45) is 0 Å². The van der Waals surface area contributed by atoms with Crippen LogP contribution in [0, 0.1) is 4.91 Å². The van der Waals surface area contributed by atoms with E-state index in [0.717, 1.165) is 28.9 Å². The number of nitroso groups, excluding NO2 is 1. The highest BCUT2D eigenvalue weighted by molar-refractivity contribution is 5.39. The third-order valence-corrected chi connectivity index (χ3v) is 2.07. The number of nitrogens with zero attached hydrogens (tertiary/aromatic N) is 1. The molecular formula is C11H16NO+. The molecule has 2 nitrogen and oxygen atoms in total. The van der Waals surface area contributed by atoms with Crippen LogP contribution in [-0.2, 0) is 6.42 Å². The van der Waals surface area contributed by atoms with Gasteiger partial charge >= 0.3 is 0 Å². The van der Waals surface area contributed by atoms with Gasteiger partial charge in [0.25, 0.3) is 5.69 Å². The van der Waals surface area contributed by atoms with Gasteiger partial charge in [-0.15, -0.1) is 0 Å². The summed E-state index contributed by atoms with van der Waals surface area (Å²) in [5.41, 5.74) is 1.96. The summed E-state index contributed by atoms with van der Waals surface area (Å²) < 4.78 is 1.08. The second-order valence-corrected chi connectivity index (χ2v) is 3.08. The lowest BCUT2D eigenvalue weighted by Gasteiger charge is -1.97. The zero-order valence-corrected chi connectivity index (χ0v) is 8.29. The molecule has 0 amide bonds. The van der Waals surface area contributed by atoms with E-state index in [2.05, 4.69) is 6.92 Å². The Kier molecular flexibility index (Phi) is 3.62. The van der Waals surface area contributed by atoms with Crippen molar-refractivity contribution < 1.29 is 4.76 Å². The van der Waals surface area contributed by atoms with Gasteiger partial charge in [0.05, 0.1) is 0 Å². The lowest BCUT2D eigenvalue weighted by atomic mass is 10.1. The van der Waals surface area contributed by atoms with Crippen LogP contribution in [0.5, 0.6) is 0 Å². The molecule has 0 unspecified atom stereocenters. The molecule has 0 heterocycles. The largest absolute Gasteiger partial charge is 0.259 e. The quantitative estimate of drug-likeness (QED) is 0.649. The van der Waals surface area contributed by atoms with E-state index in [1.54, 1.807) is 0 Å². The number of rotatable bonds is 4. The van der Waals surface area contributed by atoms with Crippen LogP contribution in [0.2, 0.25) is 0 Å². The summed E-state index contributed by atoms with van der Waals surface area (Å²) in [5, 5.41) is 0. The maximum absolute atomic E-state index is 11.5. The van der Waals surface area contributed by atoms with E-state index in [9.17, 15) is 4.91 Å². The SMILES string of the molecule is CCC[N+](=O)c1ccccc1CC. The summed E-state index contributed by atoms with van der Waals surface area (Å²) in [5.74, 6) is 0. The summed E-state index contributed by atoms with van der Waals surface area (Å²) in [6.45, 7) is 4.66. The molecule has 0 aromatic heterocycles. The molecular weight excluding hydrogens is 162 g/mol. The minimum Gasteiger partial charge on any atom is -0.0615 e. The van der Waals surface area contributed by atoms with Crippen LogP contribution in [-0.4, -0.2) is 11.3 Å². The molecule has 0 saturated heterocycles. The van der Waals surface area contributed by atoms with Gasteiger partial charge in [-0.2, -0.15) is 0 Å². The van der Waals surface area contributed by atoms with Gasteiger partial charge in [-0.3, -0.25) is 0 Å². The molecule has 0 saturated carbocycles. The minimum atomic E-state index is 0.580. The smallest absolute Gasteiger partial charge is 0.0615 e. The maximum atomic E-state index is 11.5. The molecule has 0 aliphatic rings. The summed E-state index contributed by atoms with van der Waals surface area (Å²) in [4.78, 5) is 11.5. The monoisotopic (exact) mass is 178 g/mol. The van der Waals surface area contributed by atoms with E-state index < -0.39 is 0 Å².